The predicted octanol–water partition coefficient (Wildman–Crippen LogP) is 2.87. The third-order valence-electron chi connectivity index (χ3n) is 4.40. The molecule has 0 bridgehead atoms. The number of carbonyl (C=O) groups is 1. The van der Waals surface area contributed by atoms with Crippen LogP contribution in [0, 0.1) is 0 Å². The van der Waals surface area contributed by atoms with Crippen LogP contribution in [0.25, 0.3) is 0 Å². The molecule has 4 N–H and O–H groups in total. The van der Waals surface area contributed by atoms with Crippen molar-refractivity contribution < 1.29 is 19.4 Å². The molecule has 0 unspecified atom stereocenters. The van der Waals surface area contributed by atoms with Crippen LogP contribution in [0.5, 0.6) is 5.75 Å². The quantitative estimate of drug-likeness (QED) is 0.545. The first-order valence-electron chi connectivity index (χ1n) is 10.0. The van der Waals surface area contributed by atoms with E-state index in [1.807, 2.05) is 54.6 Å². The van der Waals surface area contributed by atoms with Crippen molar-refractivity contribution in [2.45, 2.75) is 51.5 Å². The van der Waals surface area contributed by atoms with Crippen molar-refractivity contribution >= 4 is 6.09 Å². The summed E-state index contributed by atoms with van der Waals surface area (Å²) in [6.07, 6.45) is -0.900. The Kier molecular flexibility index (Phi) is 8.65. The van der Waals surface area contributed by atoms with Crippen LogP contribution in [0.15, 0.2) is 54.6 Å². The van der Waals surface area contributed by atoms with E-state index < -0.39 is 23.8 Å². The van der Waals surface area contributed by atoms with Gasteiger partial charge in [0.2, 0.25) is 0 Å². The SMILES string of the molecule is COc1ccc(CN(C[C@H](O)[C@@H](N)Cc2ccccc2)NC(=O)OC(C)(C)C)cc1. The Labute approximate surface area is 178 Å². The van der Waals surface area contributed by atoms with Crippen LogP contribution in [0.3, 0.4) is 0 Å². The Hall–Kier alpha value is -2.61. The first kappa shape index (κ1) is 23.7. The fourth-order valence-corrected chi connectivity index (χ4v) is 2.91. The Bertz CT molecular complexity index is 775. The van der Waals surface area contributed by atoms with Gasteiger partial charge >= 0.3 is 6.09 Å². The van der Waals surface area contributed by atoms with E-state index in [-0.39, 0.29) is 6.54 Å². The minimum Gasteiger partial charge on any atom is -0.497 e. The van der Waals surface area contributed by atoms with Crippen molar-refractivity contribution in [1.29, 1.82) is 0 Å². The standard InChI is InChI=1S/C23H33N3O4/c1-23(2,3)30-22(28)25-26(15-18-10-12-19(29-4)13-11-18)16-21(27)20(24)14-17-8-6-5-7-9-17/h5-13,20-21,27H,14-16,24H2,1-4H3,(H,25,28)/t20-,21-/m0/s1. The van der Waals surface area contributed by atoms with Crippen LogP contribution in [0.2, 0.25) is 0 Å². The Balaban J connectivity index is 2.05. The van der Waals surface area contributed by atoms with Gasteiger partial charge in [-0.05, 0) is 50.5 Å². The maximum absolute atomic E-state index is 12.3. The summed E-state index contributed by atoms with van der Waals surface area (Å²) >= 11 is 0. The number of nitrogens with zero attached hydrogens (tertiary/aromatic N) is 1. The fraction of sp³-hybridized carbons (Fsp3) is 0.435. The maximum atomic E-state index is 12.3. The molecule has 0 aliphatic rings. The molecule has 2 rings (SSSR count). The van der Waals surface area contributed by atoms with E-state index in [2.05, 4.69) is 5.43 Å². The highest BCUT2D eigenvalue weighted by molar-refractivity contribution is 5.67. The van der Waals surface area contributed by atoms with Crippen LogP contribution >= 0.6 is 0 Å². The molecule has 30 heavy (non-hydrogen) atoms. The van der Waals surface area contributed by atoms with Gasteiger partial charge in [-0.3, -0.25) is 5.43 Å². The highest BCUT2D eigenvalue weighted by atomic mass is 16.6. The minimum absolute atomic E-state index is 0.152. The van der Waals surface area contributed by atoms with Gasteiger partial charge < -0.3 is 20.3 Å². The Morgan fingerprint density at radius 1 is 1.10 bits per heavy atom. The molecule has 0 aliphatic heterocycles. The largest absolute Gasteiger partial charge is 0.497 e. The number of rotatable bonds is 9. The first-order chi connectivity index (χ1) is 14.2. The fourth-order valence-electron chi connectivity index (χ4n) is 2.91. The average molecular weight is 416 g/mol. The number of nitrogens with one attached hydrogen (secondary N) is 1. The number of nitrogens with two attached hydrogens (primary N) is 1. The third-order valence-corrected chi connectivity index (χ3v) is 4.40. The highest BCUT2D eigenvalue weighted by Gasteiger charge is 2.23. The lowest BCUT2D eigenvalue weighted by atomic mass is 10.0. The predicted molar refractivity (Wildman–Crippen MR) is 117 cm³/mol. The summed E-state index contributed by atoms with van der Waals surface area (Å²) in [5.41, 5.74) is 10.3. The minimum atomic E-state index is -0.849. The molecule has 164 valence electrons. The molecule has 7 nitrogen and oxygen atoms in total. The topological polar surface area (TPSA) is 97.0 Å². The second-order valence-electron chi connectivity index (χ2n) is 8.26. The number of hydrazine groups is 1. The maximum Gasteiger partial charge on any atom is 0.422 e. The number of aliphatic hydroxyl groups excluding tert-OH is 1. The molecule has 0 aromatic heterocycles. The van der Waals surface area contributed by atoms with E-state index in [0.717, 1.165) is 16.9 Å². The number of ether oxygens (including phenoxy) is 2. The lowest BCUT2D eigenvalue weighted by molar-refractivity contribution is 0.0171. The van der Waals surface area contributed by atoms with Crippen molar-refractivity contribution in [2.75, 3.05) is 13.7 Å². The molecule has 0 aliphatic carbocycles. The van der Waals surface area contributed by atoms with Crippen molar-refractivity contribution in [3.63, 3.8) is 0 Å². The van der Waals surface area contributed by atoms with E-state index in [9.17, 15) is 9.90 Å². The van der Waals surface area contributed by atoms with Crippen LogP contribution in [-0.2, 0) is 17.7 Å². The zero-order valence-electron chi connectivity index (χ0n) is 18.2. The summed E-state index contributed by atoms with van der Waals surface area (Å²) in [7, 11) is 1.61. The number of hydrogen-bond donors (Lipinski definition) is 3. The zero-order valence-corrected chi connectivity index (χ0v) is 18.2. The summed E-state index contributed by atoms with van der Waals surface area (Å²) in [4.78, 5) is 12.3. The number of benzene rings is 2. The molecule has 7 heteroatoms. The van der Waals surface area contributed by atoms with Crippen LogP contribution in [-0.4, -0.2) is 47.6 Å². The van der Waals surface area contributed by atoms with E-state index in [1.165, 1.54) is 0 Å². The normalized spacial score (nSPS) is 13.6. The van der Waals surface area contributed by atoms with Gasteiger partial charge in [0.05, 0.1) is 13.2 Å². The van der Waals surface area contributed by atoms with Gasteiger partial charge in [-0.2, -0.15) is 0 Å². The molecule has 0 fully saturated rings. The van der Waals surface area contributed by atoms with Crippen LogP contribution < -0.4 is 15.9 Å². The van der Waals surface area contributed by atoms with E-state index in [1.54, 1.807) is 32.9 Å². The molecule has 0 radical (unpaired) electrons. The van der Waals surface area contributed by atoms with Gasteiger partial charge in [-0.1, -0.05) is 42.5 Å². The molecular formula is C23H33N3O4. The summed E-state index contributed by atoms with van der Waals surface area (Å²) in [6, 6.07) is 16.8. The zero-order chi connectivity index (χ0) is 22.1. The molecule has 0 saturated carbocycles. The van der Waals surface area contributed by atoms with Gasteiger partial charge in [0, 0.05) is 19.1 Å². The molecule has 0 spiro atoms. The molecule has 1 amide bonds. The van der Waals surface area contributed by atoms with Gasteiger partial charge in [-0.15, -0.1) is 0 Å². The van der Waals surface area contributed by atoms with Gasteiger partial charge in [0.25, 0.3) is 0 Å². The summed E-state index contributed by atoms with van der Waals surface area (Å²) < 4.78 is 10.5. The van der Waals surface area contributed by atoms with Crippen molar-refractivity contribution in [3.05, 3.63) is 65.7 Å². The second-order valence-corrected chi connectivity index (χ2v) is 8.26. The van der Waals surface area contributed by atoms with Crippen LogP contribution in [0.1, 0.15) is 31.9 Å². The van der Waals surface area contributed by atoms with Crippen LogP contribution in [0.4, 0.5) is 4.79 Å². The number of methoxy groups -OCH3 is 1. The molecule has 2 atom stereocenters. The van der Waals surface area contributed by atoms with Gasteiger partial charge in [0.1, 0.15) is 11.4 Å². The Morgan fingerprint density at radius 2 is 1.73 bits per heavy atom. The average Bonchev–Trinajstić information content (AvgIpc) is 2.67. The second kappa shape index (κ2) is 11.0. The first-order valence-corrected chi connectivity index (χ1v) is 10.0. The molecule has 2 aromatic carbocycles. The Morgan fingerprint density at radius 3 is 2.30 bits per heavy atom. The summed E-state index contributed by atoms with van der Waals surface area (Å²) in [5, 5.41) is 12.3. The third kappa shape index (κ3) is 8.41. The lowest BCUT2D eigenvalue weighted by Crippen LogP contribution is -2.51. The lowest BCUT2D eigenvalue weighted by Gasteiger charge is -2.29. The number of carbonyl (C=O) groups excluding carboxylic acids is 1. The van der Waals surface area contributed by atoms with Gasteiger partial charge in [-0.25, -0.2) is 9.80 Å². The number of hydrogen-bond acceptors (Lipinski definition) is 6. The molecule has 0 saturated heterocycles. The summed E-state index contributed by atoms with van der Waals surface area (Å²) in [6.45, 7) is 5.92. The summed E-state index contributed by atoms with van der Waals surface area (Å²) in [5.74, 6) is 0.746. The van der Waals surface area contributed by atoms with Crippen molar-refractivity contribution in [3.8, 4) is 5.75 Å². The van der Waals surface area contributed by atoms with Gasteiger partial charge in [0.15, 0.2) is 0 Å². The smallest absolute Gasteiger partial charge is 0.422 e. The van der Waals surface area contributed by atoms with E-state index in [4.69, 9.17) is 15.2 Å². The molecular weight excluding hydrogens is 382 g/mol. The van der Waals surface area contributed by atoms with Crippen molar-refractivity contribution in [2.24, 2.45) is 5.73 Å². The number of amides is 1. The van der Waals surface area contributed by atoms with E-state index >= 15 is 0 Å². The molecule has 2 aromatic rings. The molecule has 0 heterocycles. The van der Waals surface area contributed by atoms with Crippen molar-refractivity contribution in [1.82, 2.24) is 10.4 Å². The highest BCUT2D eigenvalue weighted by Crippen LogP contribution is 2.14. The monoisotopic (exact) mass is 415 g/mol. The van der Waals surface area contributed by atoms with E-state index in [0.29, 0.717) is 13.0 Å². The number of aliphatic hydroxyl groups is 1.